The van der Waals surface area contributed by atoms with Crippen LogP contribution in [0.5, 0.6) is 11.5 Å². The predicted octanol–water partition coefficient (Wildman–Crippen LogP) is 3.06. The minimum Gasteiger partial charge on any atom is -0.495 e. The van der Waals surface area contributed by atoms with Gasteiger partial charge in [-0.2, -0.15) is 0 Å². The van der Waals surface area contributed by atoms with Crippen molar-refractivity contribution in [2.45, 2.75) is 0 Å². The fraction of sp³-hybridized carbons (Fsp3) is 0.125. The Kier molecular flexibility index (Phi) is 5.43. The number of methoxy groups -OCH3 is 1. The van der Waals surface area contributed by atoms with Crippen molar-refractivity contribution in [2.75, 3.05) is 19.0 Å². The van der Waals surface area contributed by atoms with E-state index in [0.29, 0.717) is 16.5 Å². The maximum Gasteiger partial charge on any atom is 0.335 e. The number of carbonyl (C=O) groups excluding carboxylic acids is 1. The number of rotatable bonds is 6. The summed E-state index contributed by atoms with van der Waals surface area (Å²) in [6, 6.07) is 10.8. The first-order chi connectivity index (χ1) is 11.0. The van der Waals surface area contributed by atoms with Crippen molar-refractivity contribution in [3.05, 3.63) is 53.1 Å². The molecule has 0 aliphatic heterocycles. The van der Waals surface area contributed by atoms with Gasteiger partial charge in [-0.15, -0.1) is 0 Å². The van der Waals surface area contributed by atoms with E-state index in [1.54, 1.807) is 24.3 Å². The molecule has 0 unspecified atom stereocenters. The van der Waals surface area contributed by atoms with Crippen LogP contribution >= 0.6 is 11.6 Å². The summed E-state index contributed by atoms with van der Waals surface area (Å²) >= 11 is 5.76. The van der Waals surface area contributed by atoms with Gasteiger partial charge in [0.1, 0.15) is 11.5 Å². The third-order valence-electron chi connectivity index (χ3n) is 2.90. The average Bonchev–Trinajstić information content (AvgIpc) is 2.54. The SMILES string of the molecule is COc1ccc(C(=O)O)cc1NC(=O)COc1ccc(Cl)cc1. The van der Waals surface area contributed by atoms with Crippen molar-refractivity contribution in [1.82, 2.24) is 0 Å². The largest absolute Gasteiger partial charge is 0.495 e. The summed E-state index contributed by atoms with van der Waals surface area (Å²) in [6.07, 6.45) is 0. The molecular weight excluding hydrogens is 322 g/mol. The van der Waals surface area contributed by atoms with Gasteiger partial charge in [-0.25, -0.2) is 4.79 Å². The molecule has 23 heavy (non-hydrogen) atoms. The summed E-state index contributed by atoms with van der Waals surface area (Å²) in [5.41, 5.74) is 0.303. The van der Waals surface area contributed by atoms with Gasteiger partial charge in [-0.1, -0.05) is 11.6 Å². The molecule has 2 rings (SSSR count). The Balaban J connectivity index is 2.02. The number of carboxylic acid groups (broad SMARTS) is 1. The van der Waals surface area contributed by atoms with Crippen molar-refractivity contribution < 1.29 is 24.2 Å². The van der Waals surface area contributed by atoms with E-state index in [2.05, 4.69) is 5.32 Å². The molecule has 0 aromatic heterocycles. The van der Waals surface area contributed by atoms with Crippen LogP contribution in [0.2, 0.25) is 5.02 Å². The summed E-state index contributed by atoms with van der Waals surface area (Å²) in [5, 5.41) is 12.1. The summed E-state index contributed by atoms with van der Waals surface area (Å²) in [5.74, 6) is -0.688. The number of amides is 1. The van der Waals surface area contributed by atoms with E-state index < -0.39 is 11.9 Å². The molecule has 0 saturated carbocycles. The Morgan fingerprint density at radius 1 is 1.17 bits per heavy atom. The third kappa shape index (κ3) is 4.62. The average molecular weight is 336 g/mol. The highest BCUT2D eigenvalue weighted by molar-refractivity contribution is 6.30. The zero-order valence-electron chi connectivity index (χ0n) is 12.2. The number of carbonyl (C=O) groups is 2. The molecule has 0 aliphatic carbocycles. The summed E-state index contributed by atoms with van der Waals surface area (Å²) in [6.45, 7) is -0.234. The fourth-order valence-corrected chi connectivity index (χ4v) is 1.93. The van der Waals surface area contributed by atoms with E-state index >= 15 is 0 Å². The molecule has 2 aromatic carbocycles. The quantitative estimate of drug-likeness (QED) is 0.847. The molecule has 6 nitrogen and oxygen atoms in total. The monoisotopic (exact) mass is 335 g/mol. The number of hydrogen-bond acceptors (Lipinski definition) is 4. The normalized spacial score (nSPS) is 10.0. The van der Waals surface area contributed by atoms with Crippen LogP contribution in [-0.2, 0) is 4.79 Å². The zero-order chi connectivity index (χ0) is 16.8. The maximum absolute atomic E-state index is 11.9. The minimum absolute atomic E-state index is 0.0414. The molecular formula is C16H14ClNO5. The van der Waals surface area contributed by atoms with E-state index in [0.717, 1.165) is 0 Å². The van der Waals surface area contributed by atoms with E-state index in [-0.39, 0.29) is 17.9 Å². The summed E-state index contributed by atoms with van der Waals surface area (Å²) in [7, 11) is 1.43. The first-order valence-electron chi connectivity index (χ1n) is 6.59. The Bertz CT molecular complexity index is 715. The van der Waals surface area contributed by atoms with Gasteiger partial charge in [0.25, 0.3) is 5.91 Å². The van der Waals surface area contributed by atoms with Crippen LogP contribution in [0.4, 0.5) is 5.69 Å². The summed E-state index contributed by atoms with van der Waals surface area (Å²) < 4.78 is 10.4. The highest BCUT2D eigenvalue weighted by Gasteiger charge is 2.12. The molecule has 1 amide bonds. The fourth-order valence-electron chi connectivity index (χ4n) is 1.80. The van der Waals surface area contributed by atoms with Crippen molar-refractivity contribution in [2.24, 2.45) is 0 Å². The number of benzene rings is 2. The highest BCUT2D eigenvalue weighted by Crippen LogP contribution is 2.25. The van der Waals surface area contributed by atoms with Crippen molar-refractivity contribution in [3.63, 3.8) is 0 Å². The van der Waals surface area contributed by atoms with Crippen LogP contribution in [0, 0.1) is 0 Å². The second kappa shape index (κ2) is 7.51. The Morgan fingerprint density at radius 2 is 1.87 bits per heavy atom. The molecule has 7 heteroatoms. The van der Waals surface area contributed by atoms with Gasteiger partial charge in [0, 0.05) is 5.02 Å². The number of aromatic carboxylic acids is 1. The zero-order valence-corrected chi connectivity index (χ0v) is 13.0. The van der Waals surface area contributed by atoms with Crippen LogP contribution in [0.1, 0.15) is 10.4 Å². The molecule has 0 atom stereocenters. The smallest absolute Gasteiger partial charge is 0.335 e. The molecule has 0 radical (unpaired) electrons. The lowest BCUT2D eigenvalue weighted by atomic mass is 10.2. The van der Waals surface area contributed by atoms with E-state index in [1.165, 1.54) is 25.3 Å². The lowest BCUT2D eigenvalue weighted by Crippen LogP contribution is -2.20. The van der Waals surface area contributed by atoms with Crippen LogP contribution in [-0.4, -0.2) is 30.7 Å². The molecule has 0 saturated heterocycles. The molecule has 2 N–H and O–H groups in total. The number of hydrogen-bond donors (Lipinski definition) is 2. The Hall–Kier alpha value is -2.73. The van der Waals surface area contributed by atoms with Crippen molar-refractivity contribution in [3.8, 4) is 11.5 Å². The summed E-state index contributed by atoms with van der Waals surface area (Å²) in [4.78, 5) is 22.9. The van der Waals surface area contributed by atoms with E-state index in [9.17, 15) is 9.59 Å². The van der Waals surface area contributed by atoms with Gasteiger partial charge in [0.05, 0.1) is 18.4 Å². The van der Waals surface area contributed by atoms with Gasteiger partial charge in [0.2, 0.25) is 0 Å². The second-order valence-corrected chi connectivity index (χ2v) is 4.95. The molecule has 120 valence electrons. The number of carboxylic acids is 1. The lowest BCUT2D eigenvalue weighted by Gasteiger charge is -2.11. The maximum atomic E-state index is 11.9. The molecule has 0 aliphatic rings. The van der Waals surface area contributed by atoms with Gasteiger partial charge >= 0.3 is 5.97 Å². The Morgan fingerprint density at radius 3 is 2.48 bits per heavy atom. The van der Waals surface area contributed by atoms with Crippen LogP contribution in [0.15, 0.2) is 42.5 Å². The number of ether oxygens (including phenoxy) is 2. The van der Waals surface area contributed by atoms with Gasteiger partial charge < -0.3 is 19.9 Å². The van der Waals surface area contributed by atoms with E-state index in [4.69, 9.17) is 26.2 Å². The highest BCUT2D eigenvalue weighted by atomic mass is 35.5. The predicted molar refractivity (Wildman–Crippen MR) is 85.5 cm³/mol. The van der Waals surface area contributed by atoms with Crippen LogP contribution < -0.4 is 14.8 Å². The van der Waals surface area contributed by atoms with Crippen molar-refractivity contribution >= 4 is 29.2 Å². The number of nitrogens with one attached hydrogen (secondary N) is 1. The first-order valence-corrected chi connectivity index (χ1v) is 6.97. The number of halogens is 1. The second-order valence-electron chi connectivity index (χ2n) is 4.51. The van der Waals surface area contributed by atoms with Crippen LogP contribution in [0.25, 0.3) is 0 Å². The number of anilines is 1. The first kappa shape index (κ1) is 16.6. The standard InChI is InChI=1S/C16H14ClNO5/c1-22-14-7-2-10(16(20)21)8-13(14)18-15(19)9-23-12-5-3-11(17)4-6-12/h2-8H,9H2,1H3,(H,18,19)(H,20,21). The minimum atomic E-state index is -1.10. The van der Waals surface area contributed by atoms with Gasteiger partial charge in [-0.3, -0.25) is 4.79 Å². The topological polar surface area (TPSA) is 84.9 Å². The van der Waals surface area contributed by atoms with Gasteiger partial charge in [0.15, 0.2) is 6.61 Å². The Labute approximate surface area is 137 Å². The molecule has 0 fully saturated rings. The third-order valence-corrected chi connectivity index (χ3v) is 3.16. The van der Waals surface area contributed by atoms with Gasteiger partial charge in [-0.05, 0) is 42.5 Å². The molecule has 0 spiro atoms. The van der Waals surface area contributed by atoms with E-state index in [1.807, 2.05) is 0 Å². The van der Waals surface area contributed by atoms with Crippen LogP contribution in [0.3, 0.4) is 0 Å². The van der Waals surface area contributed by atoms with Crippen molar-refractivity contribution in [1.29, 1.82) is 0 Å². The molecule has 0 bridgehead atoms. The lowest BCUT2D eigenvalue weighted by molar-refractivity contribution is -0.118. The molecule has 2 aromatic rings. The molecule has 0 heterocycles.